The summed E-state index contributed by atoms with van der Waals surface area (Å²) in [5.74, 6) is -1.33. The lowest BCUT2D eigenvalue weighted by molar-refractivity contribution is -0.177. The Balaban J connectivity index is 1.91. The molecule has 6 heteroatoms. The van der Waals surface area contributed by atoms with E-state index in [9.17, 15) is 14.4 Å². The lowest BCUT2D eigenvalue weighted by atomic mass is 9.70. The number of amides is 1. The highest BCUT2D eigenvalue weighted by Gasteiger charge is 2.62. The normalized spacial score (nSPS) is 20.6. The predicted octanol–water partition coefficient (Wildman–Crippen LogP) is 1.65. The van der Waals surface area contributed by atoms with Crippen LogP contribution >= 0.6 is 0 Å². The van der Waals surface area contributed by atoms with E-state index in [1.807, 2.05) is 24.3 Å². The predicted molar refractivity (Wildman–Crippen MR) is 89.7 cm³/mol. The summed E-state index contributed by atoms with van der Waals surface area (Å²) in [5, 5.41) is 0. The Labute approximate surface area is 145 Å². The van der Waals surface area contributed by atoms with Gasteiger partial charge < -0.3 is 14.4 Å². The minimum Gasteiger partial charge on any atom is -0.497 e. The van der Waals surface area contributed by atoms with Crippen LogP contribution in [0.1, 0.15) is 12.5 Å². The second-order valence-corrected chi connectivity index (χ2v) is 5.92. The molecule has 0 aromatic heterocycles. The van der Waals surface area contributed by atoms with Crippen molar-refractivity contribution >= 4 is 17.7 Å². The van der Waals surface area contributed by atoms with Crippen molar-refractivity contribution in [3.63, 3.8) is 0 Å². The van der Waals surface area contributed by atoms with Gasteiger partial charge in [0.15, 0.2) is 11.7 Å². The van der Waals surface area contributed by atoms with Gasteiger partial charge >= 0.3 is 5.97 Å². The number of ether oxygens (including phenoxy) is 2. The molecule has 1 aliphatic carbocycles. The van der Waals surface area contributed by atoms with Crippen molar-refractivity contribution in [2.24, 2.45) is 5.92 Å². The molecule has 1 atom stereocenters. The number of allylic oxidation sites excluding steroid dienone is 2. The smallest absolute Gasteiger partial charge is 0.321 e. The van der Waals surface area contributed by atoms with Crippen LogP contribution in [0.2, 0.25) is 0 Å². The zero-order chi connectivity index (χ0) is 18.0. The first-order valence-corrected chi connectivity index (χ1v) is 8.05. The highest BCUT2D eigenvalue weighted by Crippen LogP contribution is 2.43. The van der Waals surface area contributed by atoms with E-state index in [1.165, 1.54) is 12.2 Å². The maximum Gasteiger partial charge on any atom is 0.321 e. The van der Waals surface area contributed by atoms with Gasteiger partial charge in [-0.15, -0.1) is 0 Å². The molecule has 2 aliphatic rings. The molecule has 25 heavy (non-hydrogen) atoms. The lowest BCUT2D eigenvalue weighted by Crippen LogP contribution is -2.71. The lowest BCUT2D eigenvalue weighted by Gasteiger charge is -2.54. The Hall–Kier alpha value is -2.89. The van der Waals surface area contributed by atoms with Gasteiger partial charge in [0.25, 0.3) is 0 Å². The number of methoxy groups -OCH3 is 1. The Kier molecular flexibility index (Phi) is 4.44. The maximum atomic E-state index is 12.6. The van der Waals surface area contributed by atoms with Crippen LogP contribution in [0.4, 0.5) is 0 Å². The van der Waals surface area contributed by atoms with Crippen LogP contribution in [0.5, 0.6) is 5.75 Å². The van der Waals surface area contributed by atoms with E-state index in [0.717, 1.165) is 5.56 Å². The third-order valence-electron chi connectivity index (χ3n) is 4.47. The highest BCUT2D eigenvalue weighted by molar-refractivity contribution is 6.09. The number of esters is 1. The Morgan fingerprint density at radius 3 is 2.60 bits per heavy atom. The zero-order valence-electron chi connectivity index (χ0n) is 14.1. The summed E-state index contributed by atoms with van der Waals surface area (Å²) in [7, 11) is 1.57. The van der Waals surface area contributed by atoms with E-state index in [1.54, 1.807) is 31.1 Å². The number of carbonyl (C=O) groups excluding carboxylic acids is 3. The molecule has 6 nitrogen and oxygen atoms in total. The Bertz CT molecular complexity index is 764. The highest BCUT2D eigenvalue weighted by atomic mass is 16.5. The molecular formula is C19H19NO5. The maximum absolute atomic E-state index is 12.6. The van der Waals surface area contributed by atoms with E-state index in [0.29, 0.717) is 12.3 Å². The average molecular weight is 341 g/mol. The van der Waals surface area contributed by atoms with Crippen molar-refractivity contribution in [2.45, 2.75) is 19.0 Å². The van der Waals surface area contributed by atoms with Crippen LogP contribution in [0, 0.1) is 5.92 Å². The summed E-state index contributed by atoms with van der Waals surface area (Å²) in [6.07, 6.45) is 5.99. The molecule has 3 rings (SSSR count). The van der Waals surface area contributed by atoms with Crippen LogP contribution in [-0.2, 0) is 25.7 Å². The van der Waals surface area contributed by atoms with Gasteiger partial charge in [-0.25, -0.2) is 0 Å². The minimum atomic E-state index is -0.960. The third-order valence-corrected chi connectivity index (χ3v) is 4.47. The number of hydrogen-bond donors (Lipinski definition) is 0. The first-order chi connectivity index (χ1) is 12.0. The first-order valence-electron chi connectivity index (χ1n) is 8.05. The SMILES string of the molecule is CCOC(=O)[C@H]1C(=O)N(Cc2cccc(OC)c2)C12C=CC(=O)C=C2. The van der Waals surface area contributed by atoms with Crippen molar-refractivity contribution in [2.75, 3.05) is 13.7 Å². The molecule has 1 aliphatic heterocycles. The topological polar surface area (TPSA) is 72.9 Å². The molecule has 1 aromatic carbocycles. The molecule has 1 aromatic rings. The zero-order valence-corrected chi connectivity index (χ0v) is 14.1. The molecule has 1 fully saturated rings. The molecule has 0 saturated carbocycles. The van der Waals surface area contributed by atoms with Gasteiger partial charge in [-0.3, -0.25) is 14.4 Å². The molecule has 130 valence electrons. The summed E-state index contributed by atoms with van der Waals surface area (Å²) in [6.45, 7) is 2.19. The Morgan fingerprint density at radius 2 is 1.96 bits per heavy atom. The molecule has 1 saturated heterocycles. The molecule has 1 heterocycles. The molecular weight excluding hydrogens is 322 g/mol. The van der Waals surface area contributed by atoms with Crippen molar-refractivity contribution in [3.8, 4) is 5.75 Å². The number of rotatable bonds is 5. The first kappa shape index (κ1) is 17.0. The molecule has 1 spiro atoms. The van der Waals surface area contributed by atoms with Gasteiger partial charge in [0.2, 0.25) is 5.91 Å². The largest absolute Gasteiger partial charge is 0.497 e. The number of hydrogen-bond acceptors (Lipinski definition) is 5. The van der Waals surface area contributed by atoms with Crippen LogP contribution in [0.3, 0.4) is 0 Å². The van der Waals surface area contributed by atoms with Crippen molar-refractivity contribution < 1.29 is 23.9 Å². The molecule has 0 unspecified atom stereocenters. The second-order valence-electron chi connectivity index (χ2n) is 5.92. The van der Waals surface area contributed by atoms with Crippen molar-refractivity contribution in [3.05, 3.63) is 54.1 Å². The van der Waals surface area contributed by atoms with Crippen LogP contribution in [-0.4, -0.2) is 41.8 Å². The van der Waals surface area contributed by atoms with Gasteiger partial charge in [0.1, 0.15) is 11.3 Å². The fourth-order valence-electron chi connectivity index (χ4n) is 3.23. The fraction of sp³-hybridized carbons (Fsp3) is 0.316. The van der Waals surface area contributed by atoms with Crippen LogP contribution < -0.4 is 4.74 Å². The van der Waals surface area contributed by atoms with Gasteiger partial charge in [0, 0.05) is 6.54 Å². The summed E-state index contributed by atoms with van der Waals surface area (Å²) < 4.78 is 10.3. The number of nitrogens with zero attached hydrogens (tertiary/aromatic N) is 1. The quantitative estimate of drug-likeness (QED) is 0.463. The number of β-lactam (4-membered cyclic amide) rings is 1. The summed E-state index contributed by atoms with van der Waals surface area (Å²) in [4.78, 5) is 38.0. The molecule has 0 bridgehead atoms. The number of carbonyl (C=O) groups is 3. The van der Waals surface area contributed by atoms with E-state index in [2.05, 4.69) is 0 Å². The van der Waals surface area contributed by atoms with E-state index in [-0.39, 0.29) is 18.3 Å². The number of ketones is 1. The van der Waals surface area contributed by atoms with E-state index in [4.69, 9.17) is 9.47 Å². The van der Waals surface area contributed by atoms with E-state index >= 15 is 0 Å². The van der Waals surface area contributed by atoms with Crippen molar-refractivity contribution in [1.29, 1.82) is 0 Å². The summed E-state index contributed by atoms with van der Waals surface area (Å²) >= 11 is 0. The molecule has 1 amide bonds. The third kappa shape index (κ3) is 2.84. The van der Waals surface area contributed by atoms with Gasteiger partial charge in [0.05, 0.1) is 13.7 Å². The molecule has 0 radical (unpaired) electrons. The summed E-state index contributed by atoms with van der Waals surface area (Å²) in [5.41, 5.74) is -0.0894. The Morgan fingerprint density at radius 1 is 1.24 bits per heavy atom. The number of benzene rings is 1. The fourth-order valence-corrected chi connectivity index (χ4v) is 3.23. The standard InChI is InChI=1S/C19H19NO5/c1-3-25-18(23)16-17(22)20(19(16)9-7-14(21)8-10-19)12-13-5-4-6-15(11-13)24-2/h4-11,16H,3,12H2,1-2H3/t16-/m1/s1. The van der Waals surface area contributed by atoms with Gasteiger partial charge in [-0.05, 0) is 48.9 Å². The van der Waals surface area contributed by atoms with Crippen LogP contribution in [0.15, 0.2) is 48.6 Å². The van der Waals surface area contributed by atoms with E-state index < -0.39 is 17.4 Å². The monoisotopic (exact) mass is 341 g/mol. The molecule has 0 N–H and O–H groups in total. The average Bonchev–Trinajstić information content (AvgIpc) is 2.62. The van der Waals surface area contributed by atoms with Crippen LogP contribution in [0.25, 0.3) is 0 Å². The second kappa shape index (κ2) is 6.55. The van der Waals surface area contributed by atoms with Crippen molar-refractivity contribution in [1.82, 2.24) is 4.90 Å². The number of likely N-dealkylation sites (tertiary alicyclic amines) is 1. The van der Waals surface area contributed by atoms with Gasteiger partial charge in [-0.2, -0.15) is 0 Å². The summed E-state index contributed by atoms with van der Waals surface area (Å²) in [6, 6.07) is 7.37. The minimum absolute atomic E-state index is 0.172. The van der Waals surface area contributed by atoms with Gasteiger partial charge in [-0.1, -0.05) is 12.1 Å².